The zero-order valence-electron chi connectivity index (χ0n) is 14.7. The first kappa shape index (κ1) is 18.5. The molecule has 1 atom stereocenters. The Balaban J connectivity index is 1.84. The number of carbonyl (C=O) groups excluding carboxylic acids is 2. The second-order valence-corrected chi connectivity index (χ2v) is 6.21. The molecule has 5 heteroatoms. The molecule has 1 unspecified atom stereocenters. The van der Waals surface area contributed by atoms with Crippen molar-refractivity contribution in [2.45, 2.75) is 26.3 Å². The summed E-state index contributed by atoms with van der Waals surface area (Å²) in [6.45, 7) is 4.35. The number of benzene rings is 2. The first-order valence-corrected chi connectivity index (χ1v) is 8.50. The molecule has 3 amide bonds. The average molecular weight is 339 g/mol. The zero-order valence-corrected chi connectivity index (χ0v) is 14.7. The highest BCUT2D eigenvalue weighted by atomic mass is 16.2. The van der Waals surface area contributed by atoms with Gasteiger partial charge in [-0.25, -0.2) is 4.79 Å². The summed E-state index contributed by atoms with van der Waals surface area (Å²) >= 11 is 0. The van der Waals surface area contributed by atoms with Gasteiger partial charge in [0.2, 0.25) is 5.91 Å². The van der Waals surface area contributed by atoms with Gasteiger partial charge in [-0.05, 0) is 30.0 Å². The monoisotopic (exact) mass is 339 g/mol. The minimum Gasteiger partial charge on any atom is -0.354 e. The molecule has 132 valence electrons. The van der Waals surface area contributed by atoms with E-state index in [-0.39, 0.29) is 17.9 Å². The maximum Gasteiger partial charge on any atom is 0.319 e. The molecule has 2 aromatic carbocycles. The lowest BCUT2D eigenvalue weighted by molar-refractivity contribution is -0.123. The maximum atomic E-state index is 12.4. The Bertz CT molecular complexity index is 672. The number of hydrogen-bond acceptors (Lipinski definition) is 2. The Labute approximate surface area is 148 Å². The number of urea groups is 1. The van der Waals surface area contributed by atoms with Gasteiger partial charge in [0.05, 0.1) is 0 Å². The Morgan fingerprint density at radius 1 is 0.920 bits per heavy atom. The van der Waals surface area contributed by atoms with Crippen molar-refractivity contribution < 1.29 is 9.59 Å². The summed E-state index contributed by atoms with van der Waals surface area (Å²) in [5, 5.41) is 8.39. The van der Waals surface area contributed by atoms with E-state index in [2.05, 4.69) is 16.0 Å². The molecule has 0 spiro atoms. The van der Waals surface area contributed by atoms with Crippen LogP contribution in [0.2, 0.25) is 0 Å². The molecule has 3 N–H and O–H groups in total. The second-order valence-electron chi connectivity index (χ2n) is 6.21. The average Bonchev–Trinajstić information content (AvgIpc) is 2.61. The molecule has 0 bridgehead atoms. The molecular formula is C20H25N3O2. The summed E-state index contributed by atoms with van der Waals surface area (Å²) in [6, 6.07) is 18.1. The fourth-order valence-electron chi connectivity index (χ4n) is 2.45. The number of nitrogens with one attached hydrogen (secondary N) is 3. The fraction of sp³-hybridized carbons (Fsp3) is 0.300. The van der Waals surface area contributed by atoms with Gasteiger partial charge < -0.3 is 16.0 Å². The topological polar surface area (TPSA) is 70.2 Å². The molecule has 2 rings (SSSR count). The normalized spacial score (nSPS) is 11.6. The lowest BCUT2D eigenvalue weighted by Crippen LogP contribution is -2.51. The molecule has 0 heterocycles. The summed E-state index contributed by atoms with van der Waals surface area (Å²) in [4.78, 5) is 24.5. The first-order valence-electron chi connectivity index (χ1n) is 8.50. The van der Waals surface area contributed by atoms with Gasteiger partial charge in [-0.2, -0.15) is 0 Å². The van der Waals surface area contributed by atoms with Gasteiger partial charge in [-0.15, -0.1) is 0 Å². The van der Waals surface area contributed by atoms with Gasteiger partial charge >= 0.3 is 6.03 Å². The number of hydrogen-bond donors (Lipinski definition) is 3. The molecule has 2 aromatic rings. The Hall–Kier alpha value is -2.82. The second kappa shape index (κ2) is 9.47. The number of carbonyl (C=O) groups is 2. The van der Waals surface area contributed by atoms with Gasteiger partial charge in [-0.1, -0.05) is 62.4 Å². The number of amides is 3. The Kier molecular flexibility index (Phi) is 7.01. The van der Waals surface area contributed by atoms with Crippen LogP contribution < -0.4 is 16.0 Å². The molecule has 0 fully saturated rings. The molecule has 0 radical (unpaired) electrons. The van der Waals surface area contributed by atoms with Crippen LogP contribution in [0.15, 0.2) is 60.7 Å². The predicted molar refractivity (Wildman–Crippen MR) is 100 cm³/mol. The van der Waals surface area contributed by atoms with Crippen molar-refractivity contribution in [3.8, 4) is 0 Å². The summed E-state index contributed by atoms with van der Waals surface area (Å²) in [5.41, 5.74) is 1.85. The summed E-state index contributed by atoms with van der Waals surface area (Å²) in [7, 11) is 0. The van der Waals surface area contributed by atoms with E-state index in [1.165, 1.54) is 5.56 Å². The van der Waals surface area contributed by atoms with Crippen molar-refractivity contribution in [3.05, 3.63) is 66.2 Å². The number of anilines is 1. The summed E-state index contributed by atoms with van der Waals surface area (Å²) < 4.78 is 0. The fourth-order valence-corrected chi connectivity index (χ4v) is 2.45. The van der Waals surface area contributed by atoms with E-state index in [0.29, 0.717) is 12.2 Å². The summed E-state index contributed by atoms with van der Waals surface area (Å²) in [5.74, 6) is -0.188. The van der Waals surface area contributed by atoms with Crippen LogP contribution in [0.1, 0.15) is 19.4 Å². The lowest BCUT2D eigenvalue weighted by atomic mass is 10.0. The number of para-hydroxylation sites is 1. The zero-order chi connectivity index (χ0) is 18.1. The third kappa shape index (κ3) is 6.30. The molecule has 25 heavy (non-hydrogen) atoms. The Morgan fingerprint density at radius 2 is 1.52 bits per heavy atom. The largest absolute Gasteiger partial charge is 0.354 e. The van der Waals surface area contributed by atoms with Gasteiger partial charge in [0.1, 0.15) is 6.04 Å². The van der Waals surface area contributed by atoms with Crippen molar-refractivity contribution in [1.29, 1.82) is 0 Å². The standard InChI is InChI=1S/C20H25N3O2/c1-15(2)18(23-20(25)22-17-11-7-4-8-12-17)19(24)21-14-13-16-9-5-3-6-10-16/h3-12,15,18H,13-14H2,1-2H3,(H,21,24)(H2,22,23,25). The van der Waals surface area contributed by atoms with Gasteiger partial charge in [-0.3, -0.25) is 4.79 Å². The molecular weight excluding hydrogens is 314 g/mol. The van der Waals surface area contributed by atoms with Crippen molar-refractivity contribution >= 4 is 17.6 Å². The molecule has 0 aliphatic heterocycles. The highest BCUT2D eigenvalue weighted by Crippen LogP contribution is 2.07. The van der Waals surface area contributed by atoms with E-state index in [1.807, 2.05) is 62.4 Å². The predicted octanol–water partition coefficient (Wildman–Crippen LogP) is 3.19. The highest BCUT2D eigenvalue weighted by molar-refractivity contribution is 5.93. The SMILES string of the molecule is CC(C)C(NC(=O)Nc1ccccc1)C(=O)NCCc1ccccc1. The van der Waals surface area contributed by atoms with Crippen molar-refractivity contribution in [2.75, 3.05) is 11.9 Å². The molecule has 0 aliphatic carbocycles. The van der Waals surface area contributed by atoms with Crippen LogP contribution in [0, 0.1) is 5.92 Å². The van der Waals surface area contributed by atoms with Crippen LogP contribution >= 0.6 is 0 Å². The number of rotatable bonds is 7. The van der Waals surface area contributed by atoms with E-state index >= 15 is 0 Å². The quantitative estimate of drug-likeness (QED) is 0.725. The van der Waals surface area contributed by atoms with E-state index in [0.717, 1.165) is 6.42 Å². The molecule has 5 nitrogen and oxygen atoms in total. The van der Waals surface area contributed by atoms with Crippen LogP contribution in [0.3, 0.4) is 0 Å². The first-order chi connectivity index (χ1) is 12.1. The molecule has 0 saturated heterocycles. The minimum atomic E-state index is -0.584. The smallest absolute Gasteiger partial charge is 0.319 e. The van der Waals surface area contributed by atoms with Crippen LogP contribution in [-0.4, -0.2) is 24.5 Å². The van der Waals surface area contributed by atoms with E-state index in [4.69, 9.17) is 0 Å². The third-order valence-corrected chi connectivity index (χ3v) is 3.82. The highest BCUT2D eigenvalue weighted by Gasteiger charge is 2.23. The Morgan fingerprint density at radius 3 is 2.12 bits per heavy atom. The van der Waals surface area contributed by atoms with E-state index in [1.54, 1.807) is 12.1 Å². The van der Waals surface area contributed by atoms with Crippen LogP contribution in [0.5, 0.6) is 0 Å². The van der Waals surface area contributed by atoms with Crippen molar-refractivity contribution in [3.63, 3.8) is 0 Å². The van der Waals surface area contributed by atoms with Crippen LogP contribution in [-0.2, 0) is 11.2 Å². The van der Waals surface area contributed by atoms with Crippen molar-refractivity contribution in [2.24, 2.45) is 5.92 Å². The van der Waals surface area contributed by atoms with E-state index < -0.39 is 6.04 Å². The van der Waals surface area contributed by atoms with Crippen molar-refractivity contribution in [1.82, 2.24) is 10.6 Å². The lowest BCUT2D eigenvalue weighted by Gasteiger charge is -2.22. The van der Waals surface area contributed by atoms with Crippen LogP contribution in [0.25, 0.3) is 0 Å². The van der Waals surface area contributed by atoms with Gasteiger partial charge in [0.15, 0.2) is 0 Å². The molecule has 0 aliphatic rings. The third-order valence-electron chi connectivity index (χ3n) is 3.82. The van der Waals surface area contributed by atoms with Gasteiger partial charge in [0.25, 0.3) is 0 Å². The van der Waals surface area contributed by atoms with E-state index in [9.17, 15) is 9.59 Å². The maximum absolute atomic E-state index is 12.4. The van der Waals surface area contributed by atoms with Gasteiger partial charge in [0, 0.05) is 12.2 Å². The minimum absolute atomic E-state index is 0.0155. The summed E-state index contributed by atoms with van der Waals surface area (Å²) in [6.07, 6.45) is 0.758. The van der Waals surface area contributed by atoms with Crippen LogP contribution in [0.4, 0.5) is 10.5 Å². The molecule has 0 aromatic heterocycles. The molecule has 0 saturated carbocycles.